The Balaban J connectivity index is 2.31. The molecule has 0 atom stereocenters. The van der Waals surface area contributed by atoms with E-state index in [1.807, 2.05) is 0 Å². The minimum absolute atomic E-state index is 0.190. The van der Waals surface area contributed by atoms with Crippen molar-refractivity contribution in [3.8, 4) is 5.75 Å². The highest BCUT2D eigenvalue weighted by Crippen LogP contribution is 2.28. The Bertz CT molecular complexity index is 693. The number of methoxy groups -OCH3 is 1. The van der Waals surface area contributed by atoms with Gasteiger partial charge < -0.3 is 20.7 Å². The van der Waals surface area contributed by atoms with Gasteiger partial charge in [-0.1, -0.05) is 11.6 Å². The summed E-state index contributed by atoms with van der Waals surface area (Å²) in [7, 11) is 4.81. The largest absolute Gasteiger partial charge is 0.495 e. The molecule has 116 valence electrons. The number of ether oxygens (including phenoxy) is 1. The molecule has 1 aromatic carbocycles. The normalized spacial score (nSPS) is 10.0. The highest BCUT2D eigenvalue weighted by molar-refractivity contribution is 6.32. The number of aromatic nitrogens is 2. The van der Waals surface area contributed by atoms with Crippen molar-refractivity contribution in [2.45, 2.75) is 0 Å². The van der Waals surface area contributed by atoms with E-state index in [1.54, 1.807) is 32.3 Å². The van der Waals surface area contributed by atoms with Crippen LogP contribution in [0.15, 0.2) is 24.4 Å². The predicted molar refractivity (Wildman–Crippen MR) is 86.3 cm³/mol. The van der Waals surface area contributed by atoms with Gasteiger partial charge >= 0.3 is 0 Å². The maximum atomic E-state index is 11.6. The fourth-order valence-corrected chi connectivity index (χ4v) is 1.99. The number of hydrogen-bond acceptors (Lipinski definition) is 6. The van der Waals surface area contributed by atoms with Gasteiger partial charge in [-0.25, -0.2) is 4.98 Å². The van der Waals surface area contributed by atoms with Gasteiger partial charge in [0.25, 0.3) is 5.91 Å². The van der Waals surface area contributed by atoms with Gasteiger partial charge in [-0.15, -0.1) is 0 Å². The van der Waals surface area contributed by atoms with Crippen molar-refractivity contribution in [3.05, 3.63) is 35.0 Å². The Kier molecular flexibility index (Phi) is 5.00. The van der Waals surface area contributed by atoms with Crippen molar-refractivity contribution < 1.29 is 9.53 Å². The zero-order valence-electron chi connectivity index (χ0n) is 12.4. The van der Waals surface area contributed by atoms with Crippen molar-refractivity contribution >= 4 is 35.0 Å². The molecule has 2 aromatic rings. The number of nitrogens with one attached hydrogen (secondary N) is 3. The Morgan fingerprint density at radius 2 is 2.09 bits per heavy atom. The SMILES string of the molecule is CNC(=O)c1ccc(Nc2ncc(Cl)c(NC)n2)c(OC)c1. The predicted octanol–water partition coefficient (Wildman–Crippen LogP) is 2.28. The highest BCUT2D eigenvalue weighted by Gasteiger charge is 2.11. The lowest BCUT2D eigenvalue weighted by molar-refractivity contribution is 0.0963. The molecular weight excluding hydrogens is 306 g/mol. The second-order valence-electron chi connectivity index (χ2n) is 4.26. The molecule has 0 saturated carbocycles. The molecule has 7 nitrogen and oxygen atoms in total. The quantitative estimate of drug-likeness (QED) is 0.783. The number of rotatable bonds is 5. The lowest BCUT2D eigenvalue weighted by Crippen LogP contribution is -2.17. The average molecular weight is 322 g/mol. The minimum atomic E-state index is -0.190. The molecule has 0 radical (unpaired) electrons. The third kappa shape index (κ3) is 3.37. The molecule has 0 spiro atoms. The Hall–Kier alpha value is -2.54. The topological polar surface area (TPSA) is 88.2 Å². The highest BCUT2D eigenvalue weighted by atomic mass is 35.5. The van der Waals surface area contributed by atoms with Gasteiger partial charge in [0.1, 0.15) is 16.6 Å². The van der Waals surface area contributed by atoms with E-state index < -0.39 is 0 Å². The number of carbonyl (C=O) groups is 1. The summed E-state index contributed by atoms with van der Waals surface area (Å²) < 4.78 is 5.29. The van der Waals surface area contributed by atoms with Gasteiger partial charge in [-0.2, -0.15) is 4.98 Å². The number of halogens is 1. The van der Waals surface area contributed by atoms with Crippen LogP contribution in [0.25, 0.3) is 0 Å². The zero-order valence-corrected chi connectivity index (χ0v) is 13.2. The molecule has 1 heterocycles. The fourth-order valence-electron chi connectivity index (χ4n) is 1.80. The minimum Gasteiger partial charge on any atom is -0.495 e. The summed E-state index contributed by atoms with van der Waals surface area (Å²) in [6.07, 6.45) is 1.49. The van der Waals surface area contributed by atoms with Gasteiger partial charge in [0.05, 0.1) is 19.0 Å². The van der Waals surface area contributed by atoms with E-state index in [0.29, 0.717) is 33.8 Å². The molecule has 1 aromatic heterocycles. The molecule has 22 heavy (non-hydrogen) atoms. The van der Waals surface area contributed by atoms with Crippen LogP contribution in [-0.2, 0) is 0 Å². The van der Waals surface area contributed by atoms with Gasteiger partial charge in [-0.05, 0) is 18.2 Å². The second kappa shape index (κ2) is 6.95. The first kappa shape index (κ1) is 15.8. The van der Waals surface area contributed by atoms with E-state index in [-0.39, 0.29) is 5.91 Å². The summed E-state index contributed by atoms with van der Waals surface area (Å²) in [5, 5.41) is 8.89. The number of hydrogen-bond donors (Lipinski definition) is 3. The van der Waals surface area contributed by atoms with Crippen LogP contribution in [0.4, 0.5) is 17.5 Å². The molecule has 0 fully saturated rings. The van der Waals surface area contributed by atoms with Crippen molar-refractivity contribution in [1.29, 1.82) is 0 Å². The summed E-state index contributed by atoms with van der Waals surface area (Å²) >= 11 is 5.95. The van der Waals surface area contributed by atoms with E-state index in [2.05, 4.69) is 25.9 Å². The Labute approximate surface area is 133 Å². The van der Waals surface area contributed by atoms with Gasteiger partial charge in [0.15, 0.2) is 0 Å². The Morgan fingerprint density at radius 1 is 1.32 bits per heavy atom. The molecule has 0 saturated heterocycles. The molecule has 0 aliphatic carbocycles. The molecule has 0 aliphatic heterocycles. The van der Waals surface area contributed by atoms with Crippen molar-refractivity contribution in [2.24, 2.45) is 0 Å². The van der Waals surface area contributed by atoms with Gasteiger partial charge in [0, 0.05) is 19.7 Å². The fraction of sp³-hybridized carbons (Fsp3) is 0.214. The first-order valence-corrected chi connectivity index (χ1v) is 6.84. The molecule has 8 heteroatoms. The van der Waals surface area contributed by atoms with Crippen LogP contribution in [0.5, 0.6) is 5.75 Å². The molecule has 0 bridgehead atoms. The smallest absolute Gasteiger partial charge is 0.251 e. The van der Waals surface area contributed by atoms with E-state index in [9.17, 15) is 4.79 Å². The van der Waals surface area contributed by atoms with Crippen LogP contribution in [0.2, 0.25) is 5.02 Å². The van der Waals surface area contributed by atoms with Crippen LogP contribution >= 0.6 is 11.6 Å². The first-order valence-electron chi connectivity index (χ1n) is 6.46. The number of carbonyl (C=O) groups excluding carboxylic acids is 1. The van der Waals surface area contributed by atoms with E-state index in [0.717, 1.165) is 0 Å². The monoisotopic (exact) mass is 321 g/mol. The third-order valence-corrected chi connectivity index (χ3v) is 3.19. The van der Waals surface area contributed by atoms with Crippen molar-refractivity contribution in [3.63, 3.8) is 0 Å². The third-order valence-electron chi connectivity index (χ3n) is 2.92. The maximum Gasteiger partial charge on any atom is 0.251 e. The van der Waals surface area contributed by atoms with Gasteiger partial charge in [0.2, 0.25) is 5.95 Å². The summed E-state index contributed by atoms with van der Waals surface area (Å²) in [5.41, 5.74) is 1.14. The molecule has 2 rings (SSSR count). The van der Waals surface area contributed by atoms with Crippen molar-refractivity contribution in [1.82, 2.24) is 15.3 Å². The average Bonchev–Trinajstić information content (AvgIpc) is 2.56. The number of nitrogens with zero attached hydrogens (tertiary/aromatic N) is 2. The van der Waals surface area contributed by atoms with E-state index >= 15 is 0 Å². The number of anilines is 3. The van der Waals surface area contributed by atoms with Crippen LogP contribution in [-0.4, -0.2) is 37.1 Å². The molecule has 3 N–H and O–H groups in total. The van der Waals surface area contributed by atoms with Crippen molar-refractivity contribution in [2.75, 3.05) is 31.8 Å². The molecule has 0 unspecified atom stereocenters. The molecule has 0 aliphatic rings. The first-order chi connectivity index (χ1) is 10.6. The van der Waals surface area contributed by atoms with Crippen LogP contribution in [0.3, 0.4) is 0 Å². The van der Waals surface area contributed by atoms with E-state index in [1.165, 1.54) is 13.3 Å². The lowest BCUT2D eigenvalue weighted by atomic mass is 10.1. The standard InChI is InChI=1S/C14H16ClN5O2/c1-16-12-9(15)7-18-14(20-12)19-10-5-4-8(13(21)17-2)6-11(10)22-3/h4-7H,1-3H3,(H,17,21)(H2,16,18,19,20). The Morgan fingerprint density at radius 3 is 2.73 bits per heavy atom. The van der Waals surface area contributed by atoms with Crippen LogP contribution in [0, 0.1) is 0 Å². The molecular formula is C14H16ClN5O2. The van der Waals surface area contributed by atoms with Crippen LogP contribution in [0.1, 0.15) is 10.4 Å². The molecule has 1 amide bonds. The second-order valence-corrected chi connectivity index (χ2v) is 4.67. The summed E-state index contributed by atoms with van der Waals surface area (Å²) in [6.45, 7) is 0. The summed E-state index contributed by atoms with van der Waals surface area (Å²) in [6, 6.07) is 5.04. The van der Waals surface area contributed by atoms with E-state index in [4.69, 9.17) is 16.3 Å². The summed E-state index contributed by atoms with van der Waals surface area (Å²) in [5.74, 6) is 1.19. The zero-order chi connectivity index (χ0) is 16.1. The lowest BCUT2D eigenvalue weighted by Gasteiger charge is -2.12. The maximum absolute atomic E-state index is 11.6. The number of amides is 1. The van der Waals surface area contributed by atoms with Gasteiger partial charge in [-0.3, -0.25) is 4.79 Å². The number of benzene rings is 1. The summed E-state index contributed by atoms with van der Waals surface area (Å²) in [4.78, 5) is 20.0. The van der Waals surface area contributed by atoms with Crippen LogP contribution < -0.4 is 20.7 Å².